The summed E-state index contributed by atoms with van der Waals surface area (Å²) in [5.74, 6) is -0.218. The maximum atomic E-state index is 12.2. The fourth-order valence-electron chi connectivity index (χ4n) is 2.52. The van der Waals surface area contributed by atoms with Crippen molar-refractivity contribution in [3.05, 3.63) is 27.7 Å². The van der Waals surface area contributed by atoms with E-state index < -0.39 is 0 Å². The van der Waals surface area contributed by atoms with Crippen molar-refractivity contribution in [3.8, 4) is 0 Å². The lowest BCUT2D eigenvalue weighted by atomic mass is 9.81. The van der Waals surface area contributed by atoms with Gasteiger partial charge in [0.2, 0.25) is 11.8 Å². The summed E-state index contributed by atoms with van der Waals surface area (Å²) in [6.07, 6.45) is 0.819. The normalized spacial score (nSPS) is 18.9. The van der Waals surface area contributed by atoms with Crippen LogP contribution in [0.4, 0.5) is 5.69 Å². The largest absolute Gasteiger partial charge is 0.274 e. The van der Waals surface area contributed by atoms with Gasteiger partial charge < -0.3 is 0 Å². The number of hydrogen-bond acceptors (Lipinski definition) is 2. The van der Waals surface area contributed by atoms with Crippen LogP contribution in [-0.2, 0) is 9.59 Å². The maximum absolute atomic E-state index is 12.2. The predicted molar refractivity (Wildman–Crippen MR) is 79.1 cm³/mol. The maximum Gasteiger partial charge on any atom is 0.234 e. The van der Waals surface area contributed by atoms with E-state index in [-0.39, 0.29) is 17.2 Å². The topological polar surface area (TPSA) is 37.4 Å². The second kappa shape index (κ2) is 4.75. The van der Waals surface area contributed by atoms with Crippen molar-refractivity contribution >= 4 is 33.4 Å². The van der Waals surface area contributed by atoms with Crippen LogP contribution in [0.2, 0.25) is 0 Å². The predicted octanol–water partition coefficient (Wildman–Crippen LogP) is 3.75. The molecule has 4 heteroatoms. The van der Waals surface area contributed by atoms with Crippen molar-refractivity contribution in [3.63, 3.8) is 0 Å². The lowest BCUT2D eigenvalue weighted by Gasteiger charge is -2.35. The Morgan fingerprint density at radius 1 is 1.05 bits per heavy atom. The molecule has 3 nitrogen and oxygen atoms in total. The van der Waals surface area contributed by atoms with Crippen LogP contribution in [0.1, 0.15) is 37.8 Å². The molecule has 0 atom stereocenters. The molecule has 0 unspecified atom stereocenters. The molecule has 0 aliphatic carbocycles. The zero-order valence-corrected chi connectivity index (χ0v) is 13.3. The van der Waals surface area contributed by atoms with E-state index in [1.807, 2.05) is 39.8 Å². The highest BCUT2D eigenvalue weighted by Crippen LogP contribution is 2.35. The fourth-order valence-corrected chi connectivity index (χ4v) is 2.75. The Morgan fingerprint density at radius 2 is 1.47 bits per heavy atom. The van der Waals surface area contributed by atoms with Gasteiger partial charge in [-0.2, -0.15) is 0 Å². The first-order valence-corrected chi connectivity index (χ1v) is 7.13. The highest BCUT2D eigenvalue weighted by Gasteiger charge is 2.38. The van der Waals surface area contributed by atoms with Gasteiger partial charge in [-0.05, 0) is 42.5 Å². The van der Waals surface area contributed by atoms with Crippen molar-refractivity contribution in [2.24, 2.45) is 5.41 Å². The Balaban J connectivity index is 2.42. The number of nitrogens with zero attached hydrogens (tertiary/aromatic N) is 1. The van der Waals surface area contributed by atoms with Crippen molar-refractivity contribution in [2.75, 3.05) is 4.90 Å². The first-order chi connectivity index (χ1) is 8.71. The molecule has 0 radical (unpaired) electrons. The van der Waals surface area contributed by atoms with Gasteiger partial charge in [-0.15, -0.1) is 0 Å². The van der Waals surface area contributed by atoms with Gasteiger partial charge in [0.1, 0.15) is 0 Å². The molecule has 0 N–H and O–H groups in total. The summed E-state index contributed by atoms with van der Waals surface area (Å²) in [5.41, 5.74) is 2.51. The standard InChI is InChI=1S/C15H18BrNO2/c1-9-5-11(6-10(2)14(9)16)17-12(18)7-15(3,4)8-13(17)19/h5-6H,7-8H2,1-4H3. The summed E-state index contributed by atoms with van der Waals surface area (Å²) < 4.78 is 1.02. The van der Waals surface area contributed by atoms with E-state index in [9.17, 15) is 9.59 Å². The summed E-state index contributed by atoms with van der Waals surface area (Å²) in [6.45, 7) is 7.84. The van der Waals surface area contributed by atoms with Gasteiger partial charge >= 0.3 is 0 Å². The highest BCUT2D eigenvalue weighted by molar-refractivity contribution is 9.10. The minimum atomic E-state index is -0.232. The number of rotatable bonds is 1. The van der Waals surface area contributed by atoms with Crippen LogP contribution >= 0.6 is 15.9 Å². The van der Waals surface area contributed by atoms with Crippen LogP contribution < -0.4 is 4.90 Å². The number of piperidine rings is 1. The van der Waals surface area contributed by atoms with Crippen LogP contribution in [0.25, 0.3) is 0 Å². The third-order valence-electron chi connectivity index (χ3n) is 3.44. The number of hydrogen-bond donors (Lipinski definition) is 0. The Bertz CT molecular complexity index is 520. The van der Waals surface area contributed by atoms with Crippen LogP contribution in [-0.4, -0.2) is 11.8 Å². The quantitative estimate of drug-likeness (QED) is 0.738. The molecule has 19 heavy (non-hydrogen) atoms. The van der Waals surface area contributed by atoms with E-state index in [0.29, 0.717) is 18.5 Å². The third kappa shape index (κ3) is 2.73. The van der Waals surface area contributed by atoms with Crippen molar-refractivity contribution in [2.45, 2.75) is 40.5 Å². The van der Waals surface area contributed by atoms with Gasteiger partial charge in [0.15, 0.2) is 0 Å². The van der Waals surface area contributed by atoms with E-state index in [0.717, 1.165) is 15.6 Å². The molecule has 0 bridgehead atoms. The van der Waals surface area contributed by atoms with Crippen LogP contribution in [0.5, 0.6) is 0 Å². The average Bonchev–Trinajstić information content (AvgIpc) is 2.22. The minimum absolute atomic E-state index is 0.109. The molecule has 102 valence electrons. The molecule has 1 aliphatic rings. The lowest BCUT2D eigenvalue weighted by molar-refractivity contribution is -0.132. The summed E-state index contributed by atoms with van der Waals surface area (Å²) in [7, 11) is 0. The first-order valence-electron chi connectivity index (χ1n) is 6.34. The van der Waals surface area contributed by atoms with Gasteiger partial charge in [-0.25, -0.2) is 0 Å². The highest BCUT2D eigenvalue weighted by atomic mass is 79.9. The van der Waals surface area contributed by atoms with E-state index >= 15 is 0 Å². The van der Waals surface area contributed by atoms with Gasteiger partial charge in [-0.3, -0.25) is 14.5 Å². The molecule has 1 heterocycles. The zero-order chi connectivity index (χ0) is 14.4. The molecule has 1 saturated heterocycles. The molecule has 2 rings (SSSR count). The monoisotopic (exact) mass is 323 g/mol. The number of aryl methyl sites for hydroxylation is 2. The smallest absolute Gasteiger partial charge is 0.234 e. The number of imide groups is 1. The second-order valence-corrected chi connectivity index (χ2v) is 6.83. The molecule has 1 fully saturated rings. The van der Waals surface area contributed by atoms with E-state index in [1.54, 1.807) is 0 Å². The Kier molecular flexibility index (Phi) is 3.56. The Hall–Kier alpha value is -1.16. The molecule has 1 aliphatic heterocycles. The molecular formula is C15H18BrNO2. The third-order valence-corrected chi connectivity index (χ3v) is 4.69. The molecule has 0 saturated carbocycles. The number of benzene rings is 1. The summed E-state index contributed by atoms with van der Waals surface area (Å²) in [5, 5.41) is 0. The molecule has 0 spiro atoms. The van der Waals surface area contributed by atoms with Crippen LogP contribution in [0, 0.1) is 19.3 Å². The van der Waals surface area contributed by atoms with Crippen molar-refractivity contribution in [1.82, 2.24) is 0 Å². The lowest BCUT2D eigenvalue weighted by Crippen LogP contribution is -2.46. The van der Waals surface area contributed by atoms with E-state index in [4.69, 9.17) is 0 Å². The Morgan fingerprint density at radius 3 is 1.89 bits per heavy atom. The SMILES string of the molecule is Cc1cc(N2C(=O)CC(C)(C)CC2=O)cc(C)c1Br. The van der Waals surface area contributed by atoms with Gasteiger partial charge in [-0.1, -0.05) is 29.8 Å². The van der Waals surface area contributed by atoms with Crippen LogP contribution in [0.3, 0.4) is 0 Å². The van der Waals surface area contributed by atoms with Crippen molar-refractivity contribution < 1.29 is 9.59 Å². The molecule has 1 aromatic rings. The second-order valence-electron chi connectivity index (χ2n) is 6.03. The average molecular weight is 324 g/mol. The van der Waals surface area contributed by atoms with E-state index in [2.05, 4.69) is 15.9 Å². The van der Waals surface area contributed by atoms with E-state index in [1.165, 1.54) is 4.90 Å². The van der Waals surface area contributed by atoms with Gasteiger partial charge in [0.25, 0.3) is 0 Å². The summed E-state index contributed by atoms with van der Waals surface area (Å²) in [6, 6.07) is 3.76. The number of carbonyl (C=O) groups is 2. The molecular weight excluding hydrogens is 306 g/mol. The number of halogens is 1. The zero-order valence-electron chi connectivity index (χ0n) is 11.7. The molecule has 0 aromatic heterocycles. The number of anilines is 1. The number of amides is 2. The molecule has 1 aromatic carbocycles. The minimum Gasteiger partial charge on any atom is -0.274 e. The van der Waals surface area contributed by atoms with Gasteiger partial charge in [0, 0.05) is 17.3 Å². The van der Waals surface area contributed by atoms with Crippen molar-refractivity contribution in [1.29, 1.82) is 0 Å². The summed E-state index contributed by atoms with van der Waals surface area (Å²) in [4.78, 5) is 25.8. The fraction of sp³-hybridized carbons (Fsp3) is 0.467. The first kappa shape index (κ1) is 14.3. The summed E-state index contributed by atoms with van der Waals surface area (Å²) >= 11 is 3.50. The van der Waals surface area contributed by atoms with Crippen LogP contribution in [0.15, 0.2) is 16.6 Å². The Labute approximate surface area is 122 Å². The number of carbonyl (C=O) groups excluding carboxylic acids is 2. The molecule has 2 amide bonds. The van der Waals surface area contributed by atoms with Gasteiger partial charge in [0.05, 0.1) is 5.69 Å².